The summed E-state index contributed by atoms with van der Waals surface area (Å²) in [6.45, 7) is 5.43. The van der Waals surface area contributed by atoms with E-state index >= 15 is 0 Å². The van der Waals surface area contributed by atoms with Crippen LogP contribution in [0.15, 0.2) is 24.3 Å². The first-order chi connectivity index (χ1) is 9.92. The summed E-state index contributed by atoms with van der Waals surface area (Å²) in [4.78, 5) is 34.2. The summed E-state index contributed by atoms with van der Waals surface area (Å²) in [7, 11) is 0. The summed E-state index contributed by atoms with van der Waals surface area (Å²) in [5.41, 5.74) is 1.49. The average Bonchev–Trinajstić information content (AvgIpc) is 2.40. The number of likely N-dealkylation sites (N-methyl/N-ethyl adjacent to an activating group) is 1. The van der Waals surface area contributed by atoms with Crippen LogP contribution < -0.4 is 16.0 Å². The Bertz CT molecular complexity index is 511. The zero-order valence-corrected chi connectivity index (χ0v) is 12.5. The highest BCUT2D eigenvalue weighted by Gasteiger charge is 2.14. The van der Waals surface area contributed by atoms with Crippen LogP contribution >= 0.6 is 0 Å². The first-order valence-corrected chi connectivity index (χ1v) is 6.86. The van der Waals surface area contributed by atoms with E-state index in [2.05, 4.69) is 16.0 Å². The van der Waals surface area contributed by atoms with E-state index in [0.717, 1.165) is 5.56 Å². The molecular formula is C15H21N3O3. The molecular weight excluding hydrogens is 270 g/mol. The summed E-state index contributed by atoms with van der Waals surface area (Å²) in [6, 6.07) is 6.44. The standard InChI is InChI=1S/C15H21N3O3/c1-4-16-15(21)10(2)17-14(20)9-12-5-7-13(8-6-12)18-11(3)19/h5-8,10H,4,9H2,1-3H3,(H,16,21)(H,17,20)(H,18,19). The maximum Gasteiger partial charge on any atom is 0.242 e. The molecule has 0 aliphatic rings. The van der Waals surface area contributed by atoms with E-state index in [1.54, 1.807) is 31.2 Å². The number of rotatable bonds is 6. The summed E-state index contributed by atoms with van der Waals surface area (Å²) in [5, 5.41) is 7.94. The van der Waals surface area contributed by atoms with Crippen molar-refractivity contribution in [1.29, 1.82) is 0 Å². The van der Waals surface area contributed by atoms with Gasteiger partial charge in [0.05, 0.1) is 6.42 Å². The second-order valence-corrected chi connectivity index (χ2v) is 4.74. The van der Waals surface area contributed by atoms with Crippen molar-refractivity contribution in [2.75, 3.05) is 11.9 Å². The summed E-state index contributed by atoms with van der Waals surface area (Å²) in [6.07, 6.45) is 0.185. The Morgan fingerprint density at radius 1 is 1.14 bits per heavy atom. The first-order valence-electron chi connectivity index (χ1n) is 6.86. The van der Waals surface area contributed by atoms with Crippen LogP contribution in [-0.4, -0.2) is 30.3 Å². The van der Waals surface area contributed by atoms with Gasteiger partial charge in [-0.05, 0) is 31.5 Å². The van der Waals surface area contributed by atoms with Gasteiger partial charge in [0.25, 0.3) is 0 Å². The van der Waals surface area contributed by atoms with Crippen molar-refractivity contribution in [3.63, 3.8) is 0 Å². The van der Waals surface area contributed by atoms with Gasteiger partial charge < -0.3 is 16.0 Å². The molecule has 0 bridgehead atoms. The molecule has 0 radical (unpaired) electrons. The molecule has 3 N–H and O–H groups in total. The average molecular weight is 291 g/mol. The predicted molar refractivity (Wildman–Crippen MR) is 80.7 cm³/mol. The van der Waals surface area contributed by atoms with Crippen LogP contribution in [0.1, 0.15) is 26.3 Å². The largest absolute Gasteiger partial charge is 0.355 e. The van der Waals surface area contributed by atoms with Gasteiger partial charge in [0.1, 0.15) is 6.04 Å². The highest BCUT2D eigenvalue weighted by molar-refractivity contribution is 5.89. The number of hydrogen-bond donors (Lipinski definition) is 3. The van der Waals surface area contributed by atoms with E-state index in [4.69, 9.17) is 0 Å². The molecule has 0 fully saturated rings. The van der Waals surface area contributed by atoms with E-state index in [-0.39, 0.29) is 24.1 Å². The highest BCUT2D eigenvalue weighted by atomic mass is 16.2. The Kier molecular flexibility index (Phi) is 6.39. The van der Waals surface area contributed by atoms with Crippen LogP contribution in [0.2, 0.25) is 0 Å². The minimum atomic E-state index is -0.559. The van der Waals surface area contributed by atoms with Gasteiger partial charge in [-0.25, -0.2) is 0 Å². The molecule has 6 heteroatoms. The zero-order valence-electron chi connectivity index (χ0n) is 12.5. The van der Waals surface area contributed by atoms with Gasteiger partial charge in [-0.15, -0.1) is 0 Å². The van der Waals surface area contributed by atoms with E-state index in [1.165, 1.54) is 6.92 Å². The van der Waals surface area contributed by atoms with Crippen molar-refractivity contribution in [2.24, 2.45) is 0 Å². The van der Waals surface area contributed by atoms with Crippen LogP contribution in [-0.2, 0) is 20.8 Å². The van der Waals surface area contributed by atoms with Crippen LogP contribution in [0, 0.1) is 0 Å². The lowest BCUT2D eigenvalue weighted by Gasteiger charge is -2.13. The number of hydrogen-bond acceptors (Lipinski definition) is 3. The van der Waals surface area contributed by atoms with Crippen molar-refractivity contribution in [2.45, 2.75) is 33.2 Å². The molecule has 0 saturated heterocycles. The minimum absolute atomic E-state index is 0.142. The normalized spacial score (nSPS) is 11.4. The van der Waals surface area contributed by atoms with E-state index in [0.29, 0.717) is 12.2 Å². The third-order valence-electron chi connectivity index (χ3n) is 2.76. The molecule has 114 valence electrons. The third kappa shape index (κ3) is 6.07. The molecule has 1 unspecified atom stereocenters. The molecule has 1 aromatic carbocycles. The fourth-order valence-electron chi connectivity index (χ4n) is 1.78. The lowest BCUT2D eigenvalue weighted by atomic mass is 10.1. The molecule has 1 aromatic rings. The number of anilines is 1. The monoisotopic (exact) mass is 291 g/mol. The Morgan fingerprint density at radius 2 is 1.76 bits per heavy atom. The maximum atomic E-state index is 11.8. The number of carbonyl (C=O) groups is 3. The van der Waals surface area contributed by atoms with Gasteiger partial charge in [-0.3, -0.25) is 14.4 Å². The number of benzene rings is 1. The Morgan fingerprint density at radius 3 is 2.29 bits per heavy atom. The fraction of sp³-hybridized carbons (Fsp3) is 0.400. The second kappa shape index (κ2) is 8.04. The Hall–Kier alpha value is -2.37. The van der Waals surface area contributed by atoms with Crippen molar-refractivity contribution in [3.05, 3.63) is 29.8 Å². The van der Waals surface area contributed by atoms with Gasteiger partial charge in [-0.2, -0.15) is 0 Å². The van der Waals surface area contributed by atoms with Crippen molar-refractivity contribution in [3.8, 4) is 0 Å². The number of nitrogens with one attached hydrogen (secondary N) is 3. The molecule has 3 amide bonds. The molecule has 0 aliphatic heterocycles. The van der Waals surface area contributed by atoms with Crippen LogP contribution in [0.3, 0.4) is 0 Å². The third-order valence-corrected chi connectivity index (χ3v) is 2.76. The second-order valence-electron chi connectivity index (χ2n) is 4.74. The summed E-state index contributed by atoms with van der Waals surface area (Å²) < 4.78 is 0. The number of carbonyl (C=O) groups excluding carboxylic acids is 3. The van der Waals surface area contributed by atoms with Crippen LogP contribution in [0.25, 0.3) is 0 Å². The summed E-state index contributed by atoms with van der Waals surface area (Å²) >= 11 is 0. The lowest BCUT2D eigenvalue weighted by molar-refractivity contribution is -0.128. The molecule has 6 nitrogen and oxygen atoms in total. The van der Waals surface area contributed by atoms with Gasteiger partial charge in [0.15, 0.2) is 0 Å². The molecule has 0 heterocycles. The molecule has 0 aliphatic carbocycles. The Labute approximate surface area is 124 Å². The van der Waals surface area contributed by atoms with Crippen LogP contribution in [0.5, 0.6) is 0 Å². The minimum Gasteiger partial charge on any atom is -0.355 e. The van der Waals surface area contributed by atoms with Gasteiger partial charge in [-0.1, -0.05) is 12.1 Å². The van der Waals surface area contributed by atoms with Gasteiger partial charge >= 0.3 is 0 Å². The number of amides is 3. The molecule has 21 heavy (non-hydrogen) atoms. The molecule has 0 aromatic heterocycles. The van der Waals surface area contributed by atoms with Gasteiger partial charge in [0, 0.05) is 19.2 Å². The smallest absolute Gasteiger partial charge is 0.242 e. The quantitative estimate of drug-likeness (QED) is 0.725. The topological polar surface area (TPSA) is 87.3 Å². The van der Waals surface area contributed by atoms with Crippen molar-refractivity contribution >= 4 is 23.4 Å². The lowest BCUT2D eigenvalue weighted by Crippen LogP contribution is -2.45. The SMILES string of the molecule is CCNC(=O)C(C)NC(=O)Cc1ccc(NC(C)=O)cc1. The van der Waals surface area contributed by atoms with Crippen LogP contribution in [0.4, 0.5) is 5.69 Å². The zero-order chi connectivity index (χ0) is 15.8. The Balaban J connectivity index is 2.51. The molecule has 1 atom stereocenters. The summed E-state index contributed by atoms with van der Waals surface area (Å²) in [5.74, 6) is -0.566. The van der Waals surface area contributed by atoms with Crippen molar-refractivity contribution in [1.82, 2.24) is 10.6 Å². The van der Waals surface area contributed by atoms with Crippen molar-refractivity contribution < 1.29 is 14.4 Å². The van der Waals surface area contributed by atoms with E-state index < -0.39 is 6.04 Å². The molecule has 1 rings (SSSR count). The van der Waals surface area contributed by atoms with E-state index in [9.17, 15) is 14.4 Å². The fourth-order valence-corrected chi connectivity index (χ4v) is 1.78. The molecule has 0 saturated carbocycles. The maximum absolute atomic E-state index is 11.8. The molecule has 0 spiro atoms. The highest BCUT2D eigenvalue weighted by Crippen LogP contribution is 2.10. The first kappa shape index (κ1) is 16.7. The predicted octanol–water partition coefficient (Wildman–Crippen LogP) is 0.828. The van der Waals surface area contributed by atoms with Gasteiger partial charge in [0.2, 0.25) is 17.7 Å². The van der Waals surface area contributed by atoms with E-state index in [1.807, 2.05) is 6.92 Å².